The Balaban J connectivity index is 1.04. The van der Waals surface area contributed by atoms with Gasteiger partial charge in [-0.15, -0.1) is 0 Å². The fourth-order valence-electron chi connectivity index (χ4n) is 7.45. The Morgan fingerprint density at radius 2 is 0.709 bits per heavy atom. The van der Waals surface area contributed by atoms with Gasteiger partial charge >= 0.3 is 0 Å². The van der Waals surface area contributed by atoms with Crippen molar-refractivity contribution in [3.63, 3.8) is 0 Å². The molecule has 0 atom stereocenters. The highest BCUT2D eigenvalue weighted by atomic mass is 16.3. The van der Waals surface area contributed by atoms with Crippen molar-refractivity contribution in [1.82, 2.24) is 15.0 Å². The summed E-state index contributed by atoms with van der Waals surface area (Å²) in [5, 5.41) is 1.99. The fourth-order valence-corrected chi connectivity index (χ4v) is 7.45. The van der Waals surface area contributed by atoms with E-state index < -0.39 is 0 Å². The lowest BCUT2D eigenvalue weighted by Gasteiger charge is -2.11. The third-order valence-electron chi connectivity index (χ3n) is 10.2. The lowest BCUT2D eigenvalue weighted by atomic mass is 9.93. The highest BCUT2D eigenvalue weighted by molar-refractivity contribution is 6.12. The first-order valence-electron chi connectivity index (χ1n) is 18.4. The average molecular weight is 704 g/mol. The van der Waals surface area contributed by atoms with E-state index in [1.807, 2.05) is 72.8 Å². The van der Waals surface area contributed by atoms with Crippen LogP contribution in [-0.4, -0.2) is 15.0 Å². The van der Waals surface area contributed by atoms with Gasteiger partial charge < -0.3 is 4.42 Å². The molecule has 2 aromatic heterocycles. The lowest BCUT2D eigenvalue weighted by molar-refractivity contribution is 0.669. The van der Waals surface area contributed by atoms with Crippen molar-refractivity contribution in [3.8, 4) is 78.7 Å². The Labute approximate surface area is 319 Å². The van der Waals surface area contributed by atoms with E-state index in [0.717, 1.165) is 60.9 Å². The van der Waals surface area contributed by atoms with Crippen molar-refractivity contribution in [2.45, 2.75) is 0 Å². The van der Waals surface area contributed by atoms with Gasteiger partial charge in [-0.1, -0.05) is 176 Å². The quantitative estimate of drug-likeness (QED) is 0.166. The van der Waals surface area contributed by atoms with E-state index in [9.17, 15) is 0 Å². The fraction of sp³-hybridized carbons (Fsp3) is 0. The van der Waals surface area contributed by atoms with E-state index in [4.69, 9.17) is 19.4 Å². The lowest BCUT2D eigenvalue weighted by Crippen LogP contribution is -2.00. The van der Waals surface area contributed by atoms with Crippen molar-refractivity contribution in [1.29, 1.82) is 0 Å². The third-order valence-corrected chi connectivity index (χ3v) is 10.2. The van der Waals surface area contributed by atoms with E-state index in [1.165, 1.54) is 22.3 Å². The van der Waals surface area contributed by atoms with Crippen molar-refractivity contribution in [2.24, 2.45) is 0 Å². The number of aromatic nitrogens is 3. The molecule has 0 saturated carbocycles. The maximum absolute atomic E-state index is 6.44. The molecule has 0 N–H and O–H groups in total. The van der Waals surface area contributed by atoms with Crippen molar-refractivity contribution < 1.29 is 4.42 Å². The summed E-state index contributed by atoms with van der Waals surface area (Å²) in [6.07, 6.45) is 0. The molecule has 0 aliphatic rings. The SMILES string of the molecule is c1ccc(-c2nc(-c3ccccc3)nc(-c3cccc4oc5ccc(-c6cccc(-c7ccc(-c8ccccc8-c8ccccc8)cc7)c6)cc5c34)n2)cc1. The number of benzene rings is 8. The minimum absolute atomic E-state index is 0.600. The number of hydrogen-bond donors (Lipinski definition) is 0. The highest BCUT2D eigenvalue weighted by Gasteiger charge is 2.18. The predicted octanol–water partition coefficient (Wildman–Crippen LogP) is 13.4. The van der Waals surface area contributed by atoms with Crippen LogP contribution in [0.5, 0.6) is 0 Å². The Hall–Kier alpha value is -7.43. The molecular weight excluding hydrogens is 671 g/mol. The molecule has 0 fully saturated rings. The molecule has 0 unspecified atom stereocenters. The molecule has 4 nitrogen and oxygen atoms in total. The van der Waals surface area contributed by atoms with E-state index in [0.29, 0.717) is 17.5 Å². The van der Waals surface area contributed by atoms with Crippen LogP contribution in [0.1, 0.15) is 0 Å². The van der Waals surface area contributed by atoms with Gasteiger partial charge in [-0.3, -0.25) is 0 Å². The maximum Gasteiger partial charge on any atom is 0.164 e. The van der Waals surface area contributed by atoms with E-state index in [2.05, 4.69) is 127 Å². The monoisotopic (exact) mass is 703 g/mol. The summed E-state index contributed by atoms with van der Waals surface area (Å²) >= 11 is 0. The molecule has 4 heteroatoms. The summed E-state index contributed by atoms with van der Waals surface area (Å²) in [6.45, 7) is 0. The molecule has 0 bridgehead atoms. The second-order valence-corrected chi connectivity index (χ2v) is 13.6. The molecular formula is C51H33N3O. The van der Waals surface area contributed by atoms with Crippen molar-refractivity contribution >= 4 is 21.9 Å². The summed E-state index contributed by atoms with van der Waals surface area (Å²) in [4.78, 5) is 15.0. The van der Waals surface area contributed by atoms with Gasteiger partial charge in [0.25, 0.3) is 0 Å². The average Bonchev–Trinajstić information content (AvgIpc) is 3.66. The van der Waals surface area contributed by atoms with E-state index >= 15 is 0 Å². The zero-order valence-electron chi connectivity index (χ0n) is 29.8. The predicted molar refractivity (Wildman–Crippen MR) is 225 cm³/mol. The molecule has 0 aliphatic carbocycles. The minimum Gasteiger partial charge on any atom is -0.456 e. The van der Waals surface area contributed by atoms with E-state index in [1.54, 1.807) is 0 Å². The van der Waals surface area contributed by atoms with Gasteiger partial charge in [-0.05, 0) is 68.8 Å². The van der Waals surface area contributed by atoms with E-state index in [-0.39, 0.29) is 0 Å². The minimum atomic E-state index is 0.600. The molecule has 258 valence electrons. The van der Waals surface area contributed by atoms with Crippen LogP contribution in [0, 0.1) is 0 Å². The number of furan rings is 1. The molecule has 2 heterocycles. The first kappa shape index (κ1) is 32.2. The Morgan fingerprint density at radius 1 is 0.273 bits per heavy atom. The molecule has 10 aromatic rings. The van der Waals surface area contributed by atoms with Crippen LogP contribution in [0.4, 0.5) is 0 Å². The second-order valence-electron chi connectivity index (χ2n) is 13.6. The topological polar surface area (TPSA) is 51.8 Å². The van der Waals surface area contributed by atoms with Gasteiger partial charge in [0.2, 0.25) is 0 Å². The van der Waals surface area contributed by atoms with Gasteiger partial charge in [-0.25, -0.2) is 15.0 Å². The number of nitrogens with zero attached hydrogens (tertiary/aromatic N) is 3. The largest absolute Gasteiger partial charge is 0.456 e. The zero-order valence-corrected chi connectivity index (χ0v) is 29.8. The van der Waals surface area contributed by atoms with Crippen LogP contribution in [0.3, 0.4) is 0 Å². The number of rotatable bonds is 7. The van der Waals surface area contributed by atoms with Crippen LogP contribution >= 0.6 is 0 Å². The highest BCUT2D eigenvalue weighted by Crippen LogP contribution is 2.39. The van der Waals surface area contributed by atoms with Crippen molar-refractivity contribution in [2.75, 3.05) is 0 Å². The molecule has 10 rings (SSSR count). The first-order chi connectivity index (χ1) is 27.2. The Kier molecular flexibility index (Phi) is 8.12. The molecule has 8 aromatic carbocycles. The molecule has 55 heavy (non-hydrogen) atoms. The molecule has 0 aliphatic heterocycles. The van der Waals surface area contributed by atoms with Gasteiger partial charge in [0.1, 0.15) is 11.2 Å². The van der Waals surface area contributed by atoms with Gasteiger partial charge in [-0.2, -0.15) is 0 Å². The first-order valence-corrected chi connectivity index (χ1v) is 18.4. The van der Waals surface area contributed by atoms with Crippen LogP contribution in [-0.2, 0) is 0 Å². The summed E-state index contributed by atoms with van der Waals surface area (Å²) in [7, 11) is 0. The van der Waals surface area contributed by atoms with Gasteiger partial charge in [0.05, 0.1) is 0 Å². The second kappa shape index (κ2) is 13.8. The summed E-state index contributed by atoms with van der Waals surface area (Å²) in [5.41, 5.74) is 13.8. The maximum atomic E-state index is 6.44. The Morgan fingerprint density at radius 3 is 1.35 bits per heavy atom. The molecule has 0 saturated heterocycles. The van der Waals surface area contributed by atoms with Crippen LogP contribution in [0.2, 0.25) is 0 Å². The summed E-state index contributed by atoms with van der Waals surface area (Å²) in [5.74, 6) is 1.85. The van der Waals surface area contributed by atoms with Crippen LogP contribution in [0.15, 0.2) is 205 Å². The Bertz CT molecular complexity index is 2900. The summed E-state index contributed by atoms with van der Waals surface area (Å²) in [6, 6.07) is 69.5. The number of hydrogen-bond acceptors (Lipinski definition) is 4. The zero-order chi connectivity index (χ0) is 36.6. The van der Waals surface area contributed by atoms with Crippen LogP contribution in [0.25, 0.3) is 101 Å². The van der Waals surface area contributed by atoms with Crippen molar-refractivity contribution in [3.05, 3.63) is 200 Å². The standard InChI is InChI=1S/C51H33N3O/c1-4-14-35(15-5-1)42-22-10-11-23-43(42)36-28-26-34(27-29-36)39-20-12-21-40(32-39)41-30-31-46-45(33-41)48-44(24-13-25-47(48)55-46)51-53-49(37-16-6-2-7-17-37)52-50(54-51)38-18-8-3-9-19-38/h1-33H. The van der Waals surface area contributed by atoms with Gasteiger partial charge in [0.15, 0.2) is 17.5 Å². The molecule has 0 spiro atoms. The molecule has 0 radical (unpaired) electrons. The normalized spacial score (nSPS) is 11.3. The number of fused-ring (bicyclic) bond motifs is 3. The third kappa shape index (κ3) is 6.16. The summed E-state index contributed by atoms with van der Waals surface area (Å²) < 4.78 is 6.44. The smallest absolute Gasteiger partial charge is 0.164 e. The molecule has 0 amide bonds. The van der Waals surface area contributed by atoms with Crippen LogP contribution < -0.4 is 0 Å². The van der Waals surface area contributed by atoms with Gasteiger partial charge in [0, 0.05) is 27.5 Å².